The van der Waals surface area contributed by atoms with Crippen LogP contribution in [0.3, 0.4) is 0 Å². The van der Waals surface area contributed by atoms with Gasteiger partial charge in [-0.25, -0.2) is 4.79 Å². The molecule has 0 saturated heterocycles. The normalized spacial score (nSPS) is 16.1. The van der Waals surface area contributed by atoms with Crippen LogP contribution in [0.2, 0.25) is 0 Å². The van der Waals surface area contributed by atoms with Gasteiger partial charge in [0.2, 0.25) is 5.91 Å². The van der Waals surface area contributed by atoms with Gasteiger partial charge in [0.15, 0.2) is 0 Å². The zero-order valence-electron chi connectivity index (χ0n) is 11.5. The molecule has 1 fully saturated rings. The molecule has 0 heterocycles. The lowest BCUT2D eigenvalue weighted by atomic mass is 10.1. The Balaban J connectivity index is 1.90. The number of carbonyl (C=O) groups excluding carboxylic acids is 1. The lowest BCUT2D eigenvalue weighted by Gasteiger charge is -2.11. The summed E-state index contributed by atoms with van der Waals surface area (Å²) in [6.45, 7) is 2.45. The number of rotatable bonds is 6. The molecule has 0 aromatic heterocycles. The summed E-state index contributed by atoms with van der Waals surface area (Å²) in [5.74, 6) is -0.231. The fourth-order valence-corrected chi connectivity index (χ4v) is 2.13. The molecule has 20 heavy (non-hydrogen) atoms. The molecule has 0 aliphatic heterocycles. The average molecular weight is 273 g/mol. The topological polar surface area (TPSA) is 66.4 Å². The molecule has 1 aromatic rings. The summed E-state index contributed by atoms with van der Waals surface area (Å²) >= 11 is 0. The van der Waals surface area contributed by atoms with E-state index in [1.54, 1.807) is 6.08 Å². The molecule has 0 radical (unpaired) electrons. The molecule has 1 aliphatic carbocycles. The molecular formula is C16H19NO3. The third-order valence-corrected chi connectivity index (χ3v) is 3.58. The van der Waals surface area contributed by atoms with E-state index >= 15 is 0 Å². The monoisotopic (exact) mass is 273 g/mol. The molecule has 1 saturated carbocycles. The van der Waals surface area contributed by atoms with Crippen molar-refractivity contribution in [3.63, 3.8) is 0 Å². The number of hydrogen-bond acceptors (Lipinski definition) is 2. The van der Waals surface area contributed by atoms with Gasteiger partial charge in [0.1, 0.15) is 0 Å². The summed E-state index contributed by atoms with van der Waals surface area (Å²) in [6, 6.07) is 7.48. The minimum Gasteiger partial charge on any atom is -0.478 e. The highest BCUT2D eigenvalue weighted by Crippen LogP contribution is 2.36. The van der Waals surface area contributed by atoms with Crippen molar-refractivity contribution in [2.75, 3.05) is 0 Å². The molecule has 1 atom stereocenters. The van der Waals surface area contributed by atoms with E-state index in [0.29, 0.717) is 12.5 Å². The number of carboxylic acids is 1. The van der Waals surface area contributed by atoms with Crippen molar-refractivity contribution >= 4 is 18.0 Å². The predicted octanol–water partition coefficient (Wildman–Crippen LogP) is 2.45. The number of carboxylic acid groups (broad SMARTS) is 1. The Morgan fingerprint density at radius 3 is 2.85 bits per heavy atom. The smallest absolute Gasteiger partial charge is 0.328 e. The van der Waals surface area contributed by atoms with Crippen LogP contribution in [0.25, 0.3) is 6.08 Å². The highest BCUT2D eigenvalue weighted by atomic mass is 16.4. The molecule has 0 bridgehead atoms. The molecule has 2 rings (SSSR count). The molecule has 1 aliphatic rings. The van der Waals surface area contributed by atoms with Crippen LogP contribution >= 0.6 is 0 Å². The van der Waals surface area contributed by atoms with E-state index in [9.17, 15) is 9.59 Å². The first-order valence-corrected chi connectivity index (χ1v) is 6.84. The van der Waals surface area contributed by atoms with Crippen LogP contribution < -0.4 is 5.32 Å². The second-order valence-corrected chi connectivity index (χ2v) is 5.26. The Morgan fingerprint density at radius 2 is 2.20 bits per heavy atom. The Labute approximate surface area is 118 Å². The summed E-state index contributed by atoms with van der Waals surface area (Å²) in [7, 11) is 0. The number of aliphatic carboxylic acids is 1. The first-order valence-electron chi connectivity index (χ1n) is 6.84. The second kappa shape index (κ2) is 6.37. The SMILES string of the molecule is CC(C(=O)NCc1cccc(/C=C/C(=O)O)c1)C1CC1. The van der Waals surface area contributed by atoms with Crippen LogP contribution in [0.5, 0.6) is 0 Å². The summed E-state index contributed by atoms with van der Waals surface area (Å²) < 4.78 is 0. The van der Waals surface area contributed by atoms with Crippen LogP contribution in [0, 0.1) is 11.8 Å². The first-order chi connectivity index (χ1) is 9.56. The van der Waals surface area contributed by atoms with Gasteiger partial charge in [0.25, 0.3) is 0 Å². The number of hydrogen-bond donors (Lipinski definition) is 2. The van der Waals surface area contributed by atoms with Gasteiger partial charge in [-0.3, -0.25) is 4.79 Å². The lowest BCUT2D eigenvalue weighted by molar-refractivity contribution is -0.131. The van der Waals surface area contributed by atoms with Gasteiger partial charge in [-0.2, -0.15) is 0 Å². The third kappa shape index (κ3) is 4.23. The standard InChI is InChI=1S/C16H19NO3/c1-11(14-6-7-14)16(20)17-10-13-4-2-3-12(9-13)5-8-15(18)19/h2-5,8-9,11,14H,6-7,10H2,1H3,(H,17,20)(H,18,19)/b8-5+. The quantitative estimate of drug-likeness (QED) is 0.782. The molecule has 1 aromatic carbocycles. The zero-order chi connectivity index (χ0) is 14.5. The van der Waals surface area contributed by atoms with Gasteiger partial charge < -0.3 is 10.4 Å². The fourth-order valence-electron chi connectivity index (χ4n) is 2.13. The number of amides is 1. The summed E-state index contributed by atoms with van der Waals surface area (Å²) in [5.41, 5.74) is 1.78. The molecule has 4 heteroatoms. The molecular weight excluding hydrogens is 254 g/mol. The van der Waals surface area contributed by atoms with Gasteiger partial charge in [-0.05, 0) is 42.0 Å². The maximum atomic E-state index is 11.9. The third-order valence-electron chi connectivity index (χ3n) is 3.58. The van der Waals surface area contributed by atoms with Crippen LogP contribution in [0.15, 0.2) is 30.3 Å². The maximum Gasteiger partial charge on any atom is 0.328 e. The highest BCUT2D eigenvalue weighted by molar-refractivity contribution is 5.85. The highest BCUT2D eigenvalue weighted by Gasteiger charge is 2.32. The molecule has 1 unspecified atom stereocenters. The Bertz CT molecular complexity index is 532. The van der Waals surface area contributed by atoms with Gasteiger partial charge in [0.05, 0.1) is 0 Å². The Hall–Kier alpha value is -2.10. The molecule has 1 amide bonds. The summed E-state index contributed by atoms with van der Waals surface area (Å²) in [5, 5.41) is 11.5. The van der Waals surface area contributed by atoms with Crippen LogP contribution in [0.4, 0.5) is 0 Å². The number of carbonyl (C=O) groups is 2. The van der Waals surface area contributed by atoms with E-state index in [1.807, 2.05) is 31.2 Å². The van der Waals surface area contributed by atoms with Crippen molar-refractivity contribution in [3.05, 3.63) is 41.5 Å². The van der Waals surface area contributed by atoms with Crippen LogP contribution in [-0.2, 0) is 16.1 Å². The maximum absolute atomic E-state index is 11.9. The predicted molar refractivity (Wildman–Crippen MR) is 76.8 cm³/mol. The van der Waals surface area contributed by atoms with E-state index in [4.69, 9.17) is 5.11 Å². The van der Waals surface area contributed by atoms with Crippen molar-refractivity contribution in [1.29, 1.82) is 0 Å². The van der Waals surface area contributed by atoms with Gasteiger partial charge in [0, 0.05) is 18.5 Å². The van der Waals surface area contributed by atoms with Crippen molar-refractivity contribution < 1.29 is 14.7 Å². The van der Waals surface area contributed by atoms with E-state index in [0.717, 1.165) is 30.0 Å². The molecule has 4 nitrogen and oxygen atoms in total. The van der Waals surface area contributed by atoms with Crippen molar-refractivity contribution in [2.24, 2.45) is 11.8 Å². The molecule has 2 N–H and O–H groups in total. The van der Waals surface area contributed by atoms with Gasteiger partial charge in [-0.1, -0.05) is 25.1 Å². The van der Waals surface area contributed by atoms with E-state index in [-0.39, 0.29) is 11.8 Å². The minimum absolute atomic E-state index is 0.0880. The Morgan fingerprint density at radius 1 is 1.45 bits per heavy atom. The number of benzene rings is 1. The van der Waals surface area contributed by atoms with Crippen LogP contribution in [0.1, 0.15) is 30.9 Å². The van der Waals surface area contributed by atoms with Gasteiger partial charge in [-0.15, -0.1) is 0 Å². The van der Waals surface area contributed by atoms with E-state index in [2.05, 4.69) is 5.32 Å². The lowest BCUT2D eigenvalue weighted by Crippen LogP contribution is -2.29. The summed E-state index contributed by atoms with van der Waals surface area (Å²) in [4.78, 5) is 22.4. The summed E-state index contributed by atoms with van der Waals surface area (Å²) in [6.07, 6.45) is 4.96. The van der Waals surface area contributed by atoms with Crippen molar-refractivity contribution in [1.82, 2.24) is 5.32 Å². The van der Waals surface area contributed by atoms with E-state index < -0.39 is 5.97 Å². The van der Waals surface area contributed by atoms with Gasteiger partial charge >= 0.3 is 5.97 Å². The van der Waals surface area contributed by atoms with Crippen molar-refractivity contribution in [3.8, 4) is 0 Å². The fraction of sp³-hybridized carbons (Fsp3) is 0.375. The first kappa shape index (κ1) is 14.3. The zero-order valence-corrected chi connectivity index (χ0v) is 11.5. The van der Waals surface area contributed by atoms with E-state index in [1.165, 1.54) is 0 Å². The minimum atomic E-state index is -0.970. The average Bonchev–Trinajstić information content (AvgIpc) is 3.26. The largest absolute Gasteiger partial charge is 0.478 e. The van der Waals surface area contributed by atoms with Crippen molar-refractivity contribution in [2.45, 2.75) is 26.3 Å². The Kier molecular flexibility index (Phi) is 4.56. The number of nitrogens with one attached hydrogen (secondary N) is 1. The van der Waals surface area contributed by atoms with Crippen LogP contribution in [-0.4, -0.2) is 17.0 Å². The second-order valence-electron chi connectivity index (χ2n) is 5.26. The molecule has 0 spiro atoms. The molecule has 106 valence electrons.